The maximum atomic E-state index is 12.5. The van der Waals surface area contributed by atoms with Gasteiger partial charge in [0, 0.05) is 31.0 Å². The van der Waals surface area contributed by atoms with Crippen molar-refractivity contribution in [1.29, 1.82) is 0 Å². The number of benzene rings is 2. The SMILES string of the molecule is Cn1ccc2cc([C@H](O)CNC(=O)Nc3ccc(C(F)(F)F)cc3)ccc21. The number of aromatic nitrogens is 1. The molecule has 0 aliphatic heterocycles. The van der Waals surface area contributed by atoms with E-state index in [2.05, 4.69) is 10.6 Å². The molecule has 2 aromatic carbocycles. The Morgan fingerprint density at radius 1 is 1.15 bits per heavy atom. The number of fused-ring (bicyclic) bond motifs is 1. The van der Waals surface area contributed by atoms with Gasteiger partial charge in [0.15, 0.2) is 0 Å². The quantitative estimate of drug-likeness (QED) is 0.642. The Bertz CT molecular complexity index is 949. The lowest BCUT2D eigenvalue weighted by atomic mass is 10.1. The highest BCUT2D eigenvalue weighted by Crippen LogP contribution is 2.29. The average Bonchev–Trinajstić information content (AvgIpc) is 3.00. The molecule has 142 valence electrons. The van der Waals surface area contributed by atoms with E-state index in [-0.39, 0.29) is 12.2 Å². The highest BCUT2D eigenvalue weighted by Gasteiger charge is 2.29. The predicted octanol–water partition coefficient (Wildman–Crippen LogP) is 4.05. The van der Waals surface area contributed by atoms with E-state index in [1.807, 2.05) is 36.0 Å². The lowest BCUT2D eigenvalue weighted by Crippen LogP contribution is -2.32. The minimum atomic E-state index is -4.43. The smallest absolute Gasteiger partial charge is 0.387 e. The van der Waals surface area contributed by atoms with Crippen LogP contribution in [0.1, 0.15) is 17.2 Å². The second-order valence-electron chi connectivity index (χ2n) is 6.17. The van der Waals surface area contributed by atoms with E-state index in [1.165, 1.54) is 12.1 Å². The first-order valence-electron chi connectivity index (χ1n) is 8.19. The van der Waals surface area contributed by atoms with Crippen molar-refractivity contribution >= 4 is 22.6 Å². The number of urea groups is 1. The van der Waals surface area contributed by atoms with Gasteiger partial charge in [0.1, 0.15) is 0 Å². The van der Waals surface area contributed by atoms with Crippen LogP contribution in [0.3, 0.4) is 0 Å². The number of carbonyl (C=O) groups excluding carboxylic acids is 1. The Balaban J connectivity index is 1.56. The Morgan fingerprint density at radius 3 is 2.52 bits per heavy atom. The second-order valence-corrected chi connectivity index (χ2v) is 6.17. The summed E-state index contributed by atoms with van der Waals surface area (Å²) < 4.78 is 39.5. The van der Waals surface area contributed by atoms with Crippen molar-refractivity contribution in [3.63, 3.8) is 0 Å². The molecule has 1 aromatic heterocycles. The molecule has 0 radical (unpaired) electrons. The summed E-state index contributed by atoms with van der Waals surface area (Å²) in [6.07, 6.45) is -3.42. The molecule has 0 unspecified atom stereocenters. The van der Waals surface area contributed by atoms with Gasteiger partial charge in [-0.2, -0.15) is 13.2 Å². The summed E-state index contributed by atoms with van der Waals surface area (Å²) in [5, 5.41) is 16.2. The van der Waals surface area contributed by atoms with Crippen LogP contribution in [0, 0.1) is 0 Å². The minimum Gasteiger partial charge on any atom is -0.387 e. The summed E-state index contributed by atoms with van der Waals surface area (Å²) in [5.74, 6) is 0. The largest absolute Gasteiger partial charge is 0.416 e. The highest BCUT2D eigenvalue weighted by atomic mass is 19.4. The van der Waals surface area contributed by atoms with Gasteiger partial charge >= 0.3 is 12.2 Å². The lowest BCUT2D eigenvalue weighted by molar-refractivity contribution is -0.137. The van der Waals surface area contributed by atoms with Gasteiger partial charge in [0.05, 0.1) is 11.7 Å². The number of hydrogen-bond donors (Lipinski definition) is 3. The van der Waals surface area contributed by atoms with E-state index < -0.39 is 23.9 Å². The van der Waals surface area contributed by atoms with Crippen molar-refractivity contribution in [3.05, 3.63) is 65.9 Å². The van der Waals surface area contributed by atoms with E-state index in [1.54, 1.807) is 6.07 Å². The molecular weight excluding hydrogens is 359 g/mol. The van der Waals surface area contributed by atoms with Crippen LogP contribution in [0.2, 0.25) is 0 Å². The molecule has 1 atom stereocenters. The highest BCUT2D eigenvalue weighted by molar-refractivity contribution is 5.89. The molecule has 0 saturated heterocycles. The second kappa shape index (κ2) is 7.32. The van der Waals surface area contributed by atoms with Crippen LogP contribution in [0.25, 0.3) is 10.9 Å². The molecule has 0 spiro atoms. The van der Waals surface area contributed by atoms with Crippen molar-refractivity contribution in [2.75, 3.05) is 11.9 Å². The Labute approximate surface area is 153 Å². The van der Waals surface area contributed by atoms with Gasteiger partial charge in [-0.05, 0) is 53.4 Å². The topological polar surface area (TPSA) is 66.3 Å². The number of anilines is 1. The van der Waals surface area contributed by atoms with Crippen LogP contribution in [0.5, 0.6) is 0 Å². The Morgan fingerprint density at radius 2 is 1.85 bits per heavy atom. The summed E-state index contributed by atoms with van der Waals surface area (Å²) in [6.45, 7) is -0.0369. The predicted molar refractivity (Wildman–Crippen MR) is 96.3 cm³/mol. The van der Waals surface area contributed by atoms with Gasteiger partial charge < -0.3 is 20.3 Å². The third kappa shape index (κ3) is 4.40. The first-order valence-corrected chi connectivity index (χ1v) is 8.19. The molecule has 0 aliphatic carbocycles. The standard InChI is InChI=1S/C19H18F3N3O2/c1-25-9-8-12-10-13(2-7-16(12)25)17(26)11-23-18(27)24-15-5-3-14(4-6-15)19(20,21)22/h2-10,17,26H,11H2,1H3,(H2,23,24,27)/t17-/m1/s1. The third-order valence-corrected chi connectivity index (χ3v) is 4.22. The van der Waals surface area contributed by atoms with Gasteiger partial charge in [-0.25, -0.2) is 4.79 Å². The molecule has 3 rings (SSSR count). The van der Waals surface area contributed by atoms with E-state index in [0.717, 1.165) is 23.0 Å². The number of carbonyl (C=O) groups is 1. The Hall–Kier alpha value is -3.00. The van der Waals surface area contributed by atoms with Crippen LogP contribution < -0.4 is 10.6 Å². The molecule has 0 bridgehead atoms. The van der Waals surface area contributed by atoms with Crippen LogP contribution in [-0.4, -0.2) is 22.2 Å². The summed E-state index contributed by atoms with van der Waals surface area (Å²) in [6, 6.07) is 10.9. The molecule has 27 heavy (non-hydrogen) atoms. The summed E-state index contributed by atoms with van der Waals surface area (Å²) in [5.41, 5.74) is 1.11. The normalized spacial score (nSPS) is 12.8. The maximum Gasteiger partial charge on any atom is 0.416 e. The van der Waals surface area contributed by atoms with E-state index >= 15 is 0 Å². The molecule has 3 aromatic rings. The molecular formula is C19H18F3N3O2. The summed E-state index contributed by atoms with van der Waals surface area (Å²) in [4.78, 5) is 11.9. The number of hydrogen-bond acceptors (Lipinski definition) is 2. The van der Waals surface area contributed by atoms with Gasteiger partial charge in [0.25, 0.3) is 0 Å². The fourth-order valence-corrected chi connectivity index (χ4v) is 2.73. The molecule has 5 nitrogen and oxygen atoms in total. The fourth-order valence-electron chi connectivity index (χ4n) is 2.73. The van der Waals surface area contributed by atoms with Crippen molar-refractivity contribution in [2.45, 2.75) is 12.3 Å². The van der Waals surface area contributed by atoms with Gasteiger partial charge in [0.2, 0.25) is 0 Å². The number of aryl methyl sites for hydroxylation is 1. The minimum absolute atomic E-state index is 0.0369. The zero-order chi connectivity index (χ0) is 19.6. The molecule has 0 aliphatic rings. The Kier molecular flexibility index (Phi) is 5.09. The molecule has 0 saturated carbocycles. The number of alkyl halides is 3. The first kappa shape index (κ1) is 18.8. The fraction of sp³-hybridized carbons (Fsp3) is 0.211. The van der Waals surface area contributed by atoms with Gasteiger partial charge in [-0.15, -0.1) is 0 Å². The number of aliphatic hydroxyl groups excluding tert-OH is 1. The number of halogens is 3. The van der Waals surface area contributed by atoms with Crippen molar-refractivity contribution < 1.29 is 23.1 Å². The van der Waals surface area contributed by atoms with Crippen LogP contribution in [0.15, 0.2) is 54.7 Å². The molecule has 2 amide bonds. The van der Waals surface area contributed by atoms with E-state index in [9.17, 15) is 23.1 Å². The number of rotatable bonds is 4. The van der Waals surface area contributed by atoms with Crippen LogP contribution in [-0.2, 0) is 13.2 Å². The monoisotopic (exact) mass is 377 g/mol. The number of aliphatic hydroxyl groups is 1. The lowest BCUT2D eigenvalue weighted by Gasteiger charge is -2.14. The van der Waals surface area contributed by atoms with Gasteiger partial charge in [-0.1, -0.05) is 6.07 Å². The average molecular weight is 377 g/mol. The van der Waals surface area contributed by atoms with Crippen LogP contribution >= 0.6 is 0 Å². The maximum absolute atomic E-state index is 12.5. The van der Waals surface area contributed by atoms with E-state index in [0.29, 0.717) is 5.56 Å². The summed E-state index contributed by atoms with van der Waals surface area (Å²) >= 11 is 0. The van der Waals surface area contributed by atoms with Gasteiger partial charge in [-0.3, -0.25) is 0 Å². The molecule has 1 heterocycles. The van der Waals surface area contributed by atoms with Crippen molar-refractivity contribution in [2.24, 2.45) is 7.05 Å². The van der Waals surface area contributed by atoms with E-state index in [4.69, 9.17) is 0 Å². The number of nitrogens with one attached hydrogen (secondary N) is 2. The van der Waals surface area contributed by atoms with Crippen LogP contribution in [0.4, 0.5) is 23.7 Å². The summed E-state index contributed by atoms with van der Waals surface area (Å²) in [7, 11) is 1.92. The molecule has 0 fully saturated rings. The zero-order valence-corrected chi connectivity index (χ0v) is 14.4. The molecule has 3 N–H and O–H groups in total. The number of amides is 2. The third-order valence-electron chi connectivity index (χ3n) is 4.22. The van der Waals surface area contributed by atoms with Crippen molar-refractivity contribution in [3.8, 4) is 0 Å². The van der Waals surface area contributed by atoms with Crippen molar-refractivity contribution in [1.82, 2.24) is 9.88 Å². The first-order chi connectivity index (χ1) is 12.7. The molecule has 8 heteroatoms. The number of nitrogens with zero attached hydrogens (tertiary/aromatic N) is 1. The zero-order valence-electron chi connectivity index (χ0n) is 14.4.